The van der Waals surface area contributed by atoms with E-state index in [1.165, 1.54) is 64.8 Å². The quantitative estimate of drug-likeness (QED) is 0.815. The van der Waals surface area contributed by atoms with Gasteiger partial charge in [-0.15, -0.1) is 0 Å². The van der Waals surface area contributed by atoms with E-state index in [2.05, 4.69) is 22.0 Å². The summed E-state index contributed by atoms with van der Waals surface area (Å²) in [4.78, 5) is 5.75. The highest BCUT2D eigenvalue weighted by Crippen LogP contribution is 2.40. The molecular weight excluding hydrogens is 234 g/mol. The van der Waals surface area contributed by atoms with Crippen LogP contribution in [-0.4, -0.2) is 60.6 Å². The monoisotopic (exact) mass is 263 g/mol. The fourth-order valence-electron chi connectivity index (χ4n) is 5.58. The second-order valence-corrected chi connectivity index (χ2v) is 7.21. The third kappa shape index (κ3) is 1.97. The maximum Gasteiger partial charge on any atom is 0.0266 e. The minimum absolute atomic E-state index is 0.867. The van der Waals surface area contributed by atoms with Crippen molar-refractivity contribution in [3.8, 4) is 0 Å². The molecule has 3 nitrogen and oxygen atoms in total. The van der Waals surface area contributed by atoms with Crippen molar-refractivity contribution in [1.82, 2.24) is 15.1 Å². The molecule has 108 valence electrons. The minimum Gasteiger partial charge on any atom is -0.316 e. The first-order valence-electron chi connectivity index (χ1n) is 8.59. The van der Waals surface area contributed by atoms with Gasteiger partial charge in [-0.25, -0.2) is 0 Å². The molecule has 0 radical (unpaired) electrons. The van der Waals surface area contributed by atoms with Crippen molar-refractivity contribution in [3.63, 3.8) is 0 Å². The second kappa shape index (κ2) is 5.01. The minimum atomic E-state index is 0.867. The number of nitrogens with one attached hydrogen (secondary N) is 1. The van der Waals surface area contributed by atoms with E-state index in [9.17, 15) is 0 Å². The molecule has 19 heavy (non-hydrogen) atoms. The fraction of sp³-hybridized carbons (Fsp3) is 1.00. The molecule has 4 saturated heterocycles. The predicted octanol–water partition coefficient (Wildman–Crippen LogP) is 1.54. The Kier molecular flexibility index (Phi) is 3.33. The summed E-state index contributed by atoms with van der Waals surface area (Å²) in [6, 6.07) is 2.65. The summed E-state index contributed by atoms with van der Waals surface area (Å²) in [6.45, 7) is 9.09. The van der Waals surface area contributed by atoms with E-state index in [0.717, 1.165) is 30.0 Å². The Bertz CT molecular complexity index is 332. The lowest BCUT2D eigenvalue weighted by atomic mass is 9.92. The third-order valence-corrected chi connectivity index (χ3v) is 6.42. The van der Waals surface area contributed by atoms with Gasteiger partial charge in [0, 0.05) is 31.2 Å². The number of piperidine rings is 1. The summed E-state index contributed by atoms with van der Waals surface area (Å²) in [5.74, 6) is 1.89. The molecule has 0 spiro atoms. The van der Waals surface area contributed by atoms with Crippen LogP contribution in [0.3, 0.4) is 0 Å². The summed E-state index contributed by atoms with van der Waals surface area (Å²) >= 11 is 0. The summed E-state index contributed by atoms with van der Waals surface area (Å²) in [7, 11) is 0. The molecule has 5 atom stereocenters. The first kappa shape index (κ1) is 12.6. The van der Waals surface area contributed by atoms with Gasteiger partial charge in [0.25, 0.3) is 0 Å². The van der Waals surface area contributed by atoms with Crippen LogP contribution in [-0.2, 0) is 0 Å². The van der Waals surface area contributed by atoms with E-state index in [0.29, 0.717) is 0 Å². The molecule has 4 rings (SSSR count). The van der Waals surface area contributed by atoms with Crippen LogP contribution in [0.5, 0.6) is 0 Å². The molecule has 4 aliphatic rings. The standard InChI is InChI=1S/C16H29N3/c1-2-14-13-10-17-9-12(13)11-19(14)16-6-8-18-7-4-3-5-15(16)18/h12-17H,2-11H2,1H3. The van der Waals surface area contributed by atoms with E-state index < -0.39 is 0 Å². The summed E-state index contributed by atoms with van der Waals surface area (Å²) in [5, 5.41) is 3.62. The molecule has 0 bridgehead atoms. The van der Waals surface area contributed by atoms with Crippen LogP contribution >= 0.6 is 0 Å². The highest BCUT2D eigenvalue weighted by atomic mass is 15.3. The Morgan fingerprint density at radius 1 is 1.05 bits per heavy atom. The normalized spacial score (nSPS) is 47.5. The molecule has 4 fully saturated rings. The zero-order valence-electron chi connectivity index (χ0n) is 12.4. The third-order valence-electron chi connectivity index (χ3n) is 6.42. The van der Waals surface area contributed by atoms with Gasteiger partial charge < -0.3 is 5.32 Å². The van der Waals surface area contributed by atoms with Crippen molar-refractivity contribution in [3.05, 3.63) is 0 Å². The van der Waals surface area contributed by atoms with Crippen molar-refractivity contribution >= 4 is 0 Å². The number of hydrogen-bond donors (Lipinski definition) is 1. The Morgan fingerprint density at radius 3 is 2.89 bits per heavy atom. The van der Waals surface area contributed by atoms with Gasteiger partial charge in [-0.1, -0.05) is 13.3 Å². The molecule has 0 aromatic rings. The topological polar surface area (TPSA) is 18.5 Å². The van der Waals surface area contributed by atoms with Crippen molar-refractivity contribution in [1.29, 1.82) is 0 Å². The Labute approximate surface area is 117 Å². The summed E-state index contributed by atoms with van der Waals surface area (Å²) in [6.07, 6.45) is 7.16. The number of likely N-dealkylation sites (tertiary alicyclic amines) is 1. The number of hydrogen-bond acceptors (Lipinski definition) is 3. The molecule has 4 heterocycles. The van der Waals surface area contributed by atoms with Crippen LogP contribution in [0.2, 0.25) is 0 Å². The lowest BCUT2D eigenvalue weighted by Crippen LogP contribution is -2.50. The molecule has 0 aromatic heterocycles. The van der Waals surface area contributed by atoms with Crippen LogP contribution < -0.4 is 5.32 Å². The molecule has 4 aliphatic heterocycles. The summed E-state index contributed by atoms with van der Waals surface area (Å²) < 4.78 is 0. The molecule has 0 amide bonds. The van der Waals surface area contributed by atoms with E-state index in [1.54, 1.807) is 0 Å². The van der Waals surface area contributed by atoms with Crippen LogP contribution in [0.15, 0.2) is 0 Å². The van der Waals surface area contributed by atoms with Gasteiger partial charge in [-0.2, -0.15) is 0 Å². The average molecular weight is 263 g/mol. The average Bonchev–Trinajstić information content (AvgIpc) is 3.11. The molecule has 0 aliphatic carbocycles. The maximum absolute atomic E-state index is 3.62. The number of rotatable bonds is 2. The Hall–Kier alpha value is -0.120. The van der Waals surface area contributed by atoms with Crippen LogP contribution in [0.25, 0.3) is 0 Å². The van der Waals surface area contributed by atoms with E-state index in [1.807, 2.05) is 0 Å². The number of fused-ring (bicyclic) bond motifs is 2. The van der Waals surface area contributed by atoms with Gasteiger partial charge in [-0.05, 0) is 57.2 Å². The zero-order valence-corrected chi connectivity index (χ0v) is 12.4. The van der Waals surface area contributed by atoms with E-state index in [-0.39, 0.29) is 0 Å². The van der Waals surface area contributed by atoms with Gasteiger partial charge in [0.15, 0.2) is 0 Å². The second-order valence-electron chi connectivity index (χ2n) is 7.21. The Balaban J connectivity index is 1.52. The molecule has 0 aromatic carbocycles. The molecule has 0 saturated carbocycles. The first-order valence-corrected chi connectivity index (χ1v) is 8.59. The SMILES string of the molecule is CCC1C2CNCC2CN1C1CCN2CCCCC12. The molecule has 3 heteroatoms. The van der Waals surface area contributed by atoms with Crippen molar-refractivity contribution in [2.24, 2.45) is 11.8 Å². The summed E-state index contributed by atoms with van der Waals surface area (Å²) in [5.41, 5.74) is 0. The van der Waals surface area contributed by atoms with Gasteiger partial charge in [0.05, 0.1) is 0 Å². The molecule has 5 unspecified atom stereocenters. The number of nitrogens with zero attached hydrogens (tertiary/aromatic N) is 2. The Morgan fingerprint density at radius 2 is 2.00 bits per heavy atom. The van der Waals surface area contributed by atoms with Crippen molar-refractivity contribution in [2.75, 3.05) is 32.7 Å². The highest BCUT2D eigenvalue weighted by Gasteiger charge is 2.49. The highest BCUT2D eigenvalue weighted by molar-refractivity contribution is 5.04. The maximum atomic E-state index is 3.62. The largest absolute Gasteiger partial charge is 0.316 e. The van der Waals surface area contributed by atoms with E-state index in [4.69, 9.17) is 0 Å². The van der Waals surface area contributed by atoms with Crippen molar-refractivity contribution < 1.29 is 0 Å². The van der Waals surface area contributed by atoms with Crippen LogP contribution in [0, 0.1) is 11.8 Å². The zero-order chi connectivity index (χ0) is 12.8. The fourth-order valence-corrected chi connectivity index (χ4v) is 5.58. The lowest BCUT2D eigenvalue weighted by molar-refractivity contribution is 0.0941. The van der Waals surface area contributed by atoms with Crippen LogP contribution in [0.1, 0.15) is 39.0 Å². The lowest BCUT2D eigenvalue weighted by Gasteiger charge is -2.39. The molecular formula is C16H29N3. The van der Waals surface area contributed by atoms with Crippen molar-refractivity contribution in [2.45, 2.75) is 57.2 Å². The van der Waals surface area contributed by atoms with Gasteiger partial charge in [-0.3, -0.25) is 9.80 Å². The smallest absolute Gasteiger partial charge is 0.0266 e. The molecule has 1 N–H and O–H groups in total. The van der Waals surface area contributed by atoms with E-state index >= 15 is 0 Å². The van der Waals surface area contributed by atoms with Gasteiger partial charge in [0.2, 0.25) is 0 Å². The van der Waals surface area contributed by atoms with Gasteiger partial charge >= 0.3 is 0 Å². The first-order chi connectivity index (χ1) is 9.38. The van der Waals surface area contributed by atoms with Crippen LogP contribution in [0.4, 0.5) is 0 Å². The van der Waals surface area contributed by atoms with Gasteiger partial charge in [0.1, 0.15) is 0 Å². The predicted molar refractivity (Wildman–Crippen MR) is 78.3 cm³/mol.